The maximum absolute atomic E-state index is 12.7. The summed E-state index contributed by atoms with van der Waals surface area (Å²) in [5.74, 6) is -0.140. The van der Waals surface area contributed by atoms with E-state index in [-0.39, 0.29) is 24.0 Å². The number of likely N-dealkylation sites (tertiary alicyclic amines) is 2. The molecule has 2 atom stereocenters. The number of halogens is 1. The van der Waals surface area contributed by atoms with E-state index in [1.54, 1.807) is 4.90 Å². The van der Waals surface area contributed by atoms with Gasteiger partial charge in [-0.15, -0.1) is 0 Å². The summed E-state index contributed by atoms with van der Waals surface area (Å²) in [6, 6.07) is 7.25. The third-order valence-electron chi connectivity index (χ3n) is 4.85. The van der Waals surface area contributed by atoms with E-state index in [9.17, 15) is 9.59 Å². The molecule has 2 saturated heterocycles. The van der Waals surface area contributed by atoms with Crippen molar-refractivity contribution in [1.29, 1.82) is 0 Å². The Balaban J connectivity index is 1.52. The van der Waals surface area contributed by atoms with Crippen molar-refractivity contribution in [3.63, 3.8) is 0 Å². The molecule has 0 aliphatic carbocycles. The first-order valence-electron chi connectivity index (χ1n) is 8.66. The Morgan fingerprint density at radius 3 is 2.64 bits per heavy atom. The Hall–Kier alpha value is -1.85. The molecular formula is C19H23ClN2O3. The van der Waals surface area contributed by atoms with Crippen molar-refractivity contribution >= 4 is 23.4 Å². The van der Waals surface area contributed by atoms with Crippen molar-refractivity contribution in [3.05, 3.63) is 47.5 Å². The average molecular weight is 363 g/mol. The highest BCUT2D eigenvalue weighted by molar-refractivity contribution is 6.30. The van der Waals surface area contributed by atoms with Gasteiger partial charge in [0, 0.05) is 24.7 Å². The summed E-state index contributed by atoms with van der Waals surface area (Å²) in [5, 5.41) is 0.706. The number of rotatable bonds is 5. The van der Waals surface area contributed by atoms with Crippen LogP contribution in [-0.2, 0) is 20.9 Å². The molecule has 2 aliphatic heterocycles. The van der Waals surface area contributed by atoms with Crippen LogP contribution in [-0.4, -0.2) is 53.4 Å². The highest BCUT2D eigenvalue weighted by Crippen LogP contribution is 2.23. The maximum Gasteiger partial charge on any atom is 0.246 e. The van der Waals surface area contributed by atoms with E-state index in [0.717, 1.165) is 31.4 Å². The SMILES string of the molecule is C=CC(=O)N1CCC1C(=O)N1CCCC(OCc2ccc(Cl)cc2)C1. The van der Waals surface area contributed by atoms with E-state index in [1.165, 1.54) is 6.08 Å². The molecule has 0 N–H and O–H groups in total. The van der Waals surface area contributed by atoms with Crippen LogP contribution in [0, 0.1) is 0 Å². The van der Waals surface area contributed by atoms with E-state index in [4.69, 9.17) is 16.3 Å². The van der Waals surface area contributed by atoms with Crippen molar-refractivity contribution in [3.8, 4) is 0 Å². The minimum atomic E-state index is -0.333. The van der Waals surface area contributed by atoms with Crippen LogP contribution in [0.1, 0.15) is 24.8 Å². The van der Waals surface area contributed by atoms with Gasteiger partial charge in [-0.3, -0.25) is 9.59 Å². The molecule has 134 valence electrons. The minimum Gasteiger partial charge on any atom is -0.372 e. The molecule has 0 spiro atoms. The molecule has 2 fully saturated rings. The number of hydrogen-bond acceptors (Lipinski definition) is 3. The second-order valence-electron chi connectivity index (χ2n) is 6.53. The molecule has 1 aromatic carbocycles. The van der Waals surface area contributed by atoms with Gasteiger partial charge in [0.15, 0.2) is 0 Å². The van der Waals surface area contributed by atoms with Crippen LogP contribution in [0.15, 0.2) is 36.9 Å². The predicted octanol–water partition coefficient (Wildman–Crippen LogP) is 2.63. The van der Waals surface area contributed by atoms with Crippen molar-refractivity contribution in [2.75, 3.05) is 19.6 Å². The van der Waals surface area contributed by atoms with Gasteiger partial charge < -0.3 is 14.5 Å². The van der Waals surface area contributed by atoms with Crippen LogP contribution < -0.4 is 0 Å². The lowest BCUT2D eigenvalue weighted by Crippen LogP contribution is -2.60. The van der Waals surface area contributed by atoms with E-state index >= 15 is 0 Å². The summed E-state index contributed by atoms with van der Waals surface area (Å²) in [4.78, 5) is 27.9. The van der Waals surface area contributed by atoms with Gasteiger partial charge in [-0.25, -0.2) is 0 Å². The number of carbonyl (C=O) groups is 2. The molecule has 1 aromatic rings. The van der Waals surface area contributed by atoms with Crippen molar-refractivity contribution in [2.45, 2.75) is 38.0 Å². The molecule has 2 heterocycles. The highest BCUT2D eigenvalue weighted by Gasteiger charge is 2.39. The molecule has 3 rings (SSSR count). The van der Waals surface area contributed by atoms with Crippen LogP contribution in [0.2, 0.25) is 5.02 Å². The number of hydrogen-bond donors (Lipinski definition) is 0. The third-order valence-corrected chi connectivity index (χ3v) is 5.10. The number of benzene rings is 1. The Labute approximate surface area is 153 Å². The zero-order chi connectivity index (χ0) is 17.8. The second kappa shape index (κ2) is 8.02. The molecule has 2 amide bonds. The van der Waals surface area contributed by atoms with Gasteiger partial charge in [-0.05, 0) is 43.0 Å². The molecule has 0 radical (unpaired) electrons. The number of ether oxygens (including phenoxy) is 1. The number of piperidine rings is 1. The molecule has 0 saturated carbocycles. The summed E-state index contributed by atoms with van der Waals surface area (Å²) < 4.78 is 5.98. The van der Waals surface area contributed by atoms with Gasteiger partial charge in [-0.1, -0.05) is 30.3 Å². The fourth-order valence-electron chi connectivity index (χ4n) is 3.30. The zero-order valence-electron chi connectivity index (χ0n) is 14.2. The predicted molar refractivity (Wildman–Crippen MR) is 96.2 cm³/mol. The number of carbonyl (C=O) groups excluding carboxylic acids is 2. The molecule has 6 heteroatoms. The monoisotopic (exact) mass is 362 g/mol. The summed E-state index contributed by atoms with van der Waals surface area (Å²) >= 11 is 5.89. The minimum absolute atomic E-state index is 0.0250. The zero-order valence-corrected chi connectivity index (χ0v) is 15.0. The van der Waals surface area contributed by atoms with Crippen molar-refractivity contribution in [2.24, 2.45) is 0 Å². The lowest BCUT2D eigenvalue weighted by Gasteiger charge is -2.43. The summed E-state index contributed by atoms with van der Waals surface area (Å²) in [6.45, 7) is 5.95. The second-order valence-corrected chi connectivity index (χ2v) is 6.96. The molecular weight excluding hydrogens is 340 g/mol. The smallest absolute Gasteiger partial charge is 0.246 e. The summed E-state index contributed by atoms with van der Waals surface area (Å²) in [6.07, 6.45) is 3.88. The van der Waals surface area contributed by atoms with E-state index in [0.29, 0.717) is 24.7 Å². The average Bonchev–Trinajstić information content (AvgIpc) is 2.60. The highest BCUT2D eigenvalue weighted by atomic mass is 35.5. The Morgan fingerprint density at radius 2 is 2.00 bits per heavy atom. The standard InChI is InChI=1S/C19H23ClN2O3/c1-2-18(23)22-11-9-17(22)19(24)21-10-3-4-16(12-21)25-13-14-5-7-15(20)8-6-14/h2,5-8,16-17H,1,3-4,9-13H2. The van der Waals surface area contributed by atoms with Gasteiger partial charge >= 0.3 is 0 Å². The Morgan fingerprint density at radius 1 is 1.24 bits per heavy atom. The number of amides is 2. The molecule has 0 bridgehead atoms. The lowest BCUT2D eigenvalue weighted by molar-refractivity contribution is -0.153. The quantitative estimate of drug-likeness (QED) is 0.756. The van der Waals surface area contributed by atoms with Gasteiger partial charge in [0.2, 0.25) is 11.8 Å². The van der Waals surface area contributed by atoms with Crippen LogP contribution in [0.3, 0.4) is 0 Å². The first kappa shape index (κ1) is 18.0. The third kappa shape index (κ3) is 4.22. The van der Waals surface area contributed by atoms with Crippen LogP contribution >= 0.6 is 11.6 Å². The molecule has 25 heavy (non-hydrogen) atoms. The summed E-state index contributed by atoms with van der Waals surface area (Å²) in [7, 11) is 0. The van der Waals surface area contributed by atoms with Crippen LogP contribution in [0.25, 0.3) is 0 Å². The Bertz CT molecular complexity index is 647. The molecule has 2 aliphatic rings. The Kier molecular flexibility index (Phi) is 5.76. The first-order chi connectivity index (χ1) is 12.1. The van der Waals surface area contributed by atoms with Gasteiger partial charge in [0.1, 0.15) is 6.04 Å². The van der Waals surface area contributed by atoms with E-state index < -0.39 is 0 Å². The van der Waals surface area contributed by atoms with Gasteiger partial charge in [0.05, 0.1) is 12.7 Å². The maximum atomic E-state index is 12.7. The fraction of sp³-hybridized carbons (Fsp3) is 0.474. The normalized spacial score (nSPS) is 23.1. The molecule has 5 nitrogen and oxygen atoms in total. The molecule has 2 unspecified atom stereocenters. The van der Waals surface area contributed by atoms with Crippen LogP contribution in [0.4, 0.5) is 0 Å². The number of nitrogens with zero attached hydrogens (tertiary/aromatic N) is 2. The molecule has 0 aromatic heterocycles. The fourth-order valence-corrected chi connectivity index (χ4v) is 3.43. The topological polar surface area (TPSA) is 49.9 Å². The van der Waals surface area contributed by atoms with Gasteiger partial charge in [-0.2, -0.15) is 0 Å². The lowest BCUT2D eigenvalue weighted by atomic mass is 9.99. The van der Waals surface area contributed by atoms with Crippen molar-refractivity contribution in [1.82, 2.24) is 9.80 Å². The van der Waals surface area contributed by atoms with Crippen molar-refractivity contribution < 1.29 is 14.3 Å². The van der Waals surface area contributed by atoms with Crippen LogP contribution in [0.5, 0.6) is 0 Å². The largest absolute Gasteiger partial charge is 0.372 e. The van der Waals surface area contributed by atoms with Gasteiger partial charge in [0.25, 0.3) is 0 Å². The van der Waals surface area contributed by atoms with E-state index in [1.807, 2.05) is 29.2 Å². The first-order valence-corrected chi connectivity index (χ1v) is 9.04. The summed E-state index contributed by atoms with van der Waals surface area (Å²) in [5.41, 5.74) is 1.06. The van der Waals surface area contributed by atoms with E-state index in [2.05, 4.69) is 6.58 Å².